The van der Waals surface area contributed by atoms with Crippen LogP contribution in [-0.2, 0) is 4.57 Å². The highest BCUT2D eigenvalue weighted by atomic mass is 31.2. The quantitative estimate of drug-likeness (QED) is 0.505. The van der Waals surface area contributed by atoms with Crippen molar-refractivity contribution in [3.8, 4) is 11.5 Å². The summed E-state index contributed by atoms with van der Waals surface area (Å²) in [6.45, 7) is 1.59. The second-order valence-electron chi connectivity index (χ2n) is 4.92. The molecule has 22 heavy (non-hydrogen) atoms. The Bertz CT molecular complexity index is 747. The molecule has 0 radical (unpaired) electrons. The van der Waals surface area contributed by atoms with E-state index < -0.39 is 24.6 Å². The maximum absolute atomic E-state index is 12.5. The zero-order chi connectivity index (χ0) is 16.5. The molecule has 1 unspecified atom stereocenters. The molecule has 2 rings (SSSR count). The number of hydrogen-bond acceptors (Lipinski definition) is 4. The number of carbonyl (C=O) groups excluding carboxylic acids is 1. The molecule has 0 heterocycles. The van der Waals surface area contributed by atoms with Gasteiger partial charge in [-0.25, -0.2) is 0 Å². The van der Waals surface area contributed by atoms with E-state index in [0.29, 0.717) is 5.56 Å². The van der Waals surface area contributed by atoms with E-state index in [-0.39, 0.29) is 17.1 Å². The van der Waals surface area contributed by atoms with Crippen molar-refractivity contribution in [1.82, 2.24) is 0 Å². The molecule has 0 aromatic heterocycles. The maximum Gasteiger partial charge on any atom is 0.356 e. The van der Waals surface area contributed by atoms with Crippen molar-refractivity contribution in [3.05, 3.63) is 53.6 Å². The number of rotatable bonds is 4. The van der Waals surface area contributed by atoms with Gasteiger partial charge in [-0.15, -0.1) is 0 Å². The summed E-state index contributed by atoms with van der Waals surface area (Å²) in [5.41, 5.74) is 0.372. The molecule has 0 aliphatic heterocycles. The van der Waals surface area contributed by atoms with Crippen LogP contribution in [0.15, 0.2) is 42.5 Å². The second kappa shape index (κ2) is 5.93. The number of phenolic OH excluding ortho intramolecular Hbond substituents is 2. The van der Waals surface area contributed by atoms with Gasteiger partial charge in [-0.05, 0) is 35.9 Å². The fraction of sp³-hybridized carbons (Fsp3) is 0.133. The van der Waals surface area contributed by atoms with E-state index in [1.165, 1.54) is 12.1 Å². The van der Waals surface area contributed by atoms with Crippen molar-refractivity contribution in [2.75, 3.05) is 0 Å². The monoisotopic (exact) mass is 322 g/mol. The lowest BCUT2D eigenvalue weighted by Crippen LogP contribution is -2.20. The normalized spacial score (nSPS) is 12.9. The third kappa shape index (κ3) is 3.36. The van der Waals surface area contributed by atoms with Crippen LogP contribution in [0.25, 0.3) is 0 Å². The number of ketones is 1. The van der Waals surface area contributed by atoms with Gasteiger partial charge >= 0.3 is 7.60 Å². The van der Waals surface area contributed by atoms with Gasteiger partial charge in [-0.1, -0.05) is 19.1 Å². The molecule has 7 heteroatoms. The first-order chi connectivity index (χ1) is 10.2. The highest BCUT2D eigenvalue weighted by Gasteiger charge is 2.28. The van der Waals surface area contributed by atoms with E-state index in [1.54, 1.807) is 19.1 Å². The van der Waals surface area contributed by atoms with Crippen LogP contribution in [0.3, 0.4) is 0 Å². The van der Waals surface area contributed by atoms with Crippen molar-refractivity contribution >= 4 is 18.7 Å². The van der Waals surface area contributed by atoms with Crippen LogP contribution in [0, 0.1) is 0 Å². The van der Waals surface area contributed by atoms with Gasteiger partial charge in [0, 0.05) is 11.5 Å². The first-order valence-electron chi connectivity index (χ1n) is 6.42. The van der Waals surface area contributed by atoms with E-state index in [4.69, 9.17) is 0 Å². The Morgan fingerprint density at radius 3 is 2.09 bits per heavy atom. The van der Waals surface area contributed by atoms with Gasteiger partial charge < -0.3 is 20.0 Å². The molecule has 6 nitrogen and oxygen atoms in total. The first-order valence-corrected chi connectivity index (χ1v) is 8.03. The Hall–Kier alpha value is -2.14. The zero-order valence-corrected chi connectivity index (χ0v) is 12.6. The van der Waals surface area contributed by atoms with Crippen molar-refractivity contribution in [2.45, 2.75) is 12.8 Å². The molecule has 0 amide bonds. The van der Waals surface area contributed by atoms with Gasteiger partial charge in [-0.3, -0.25) is 9.36 Å². The summed E-state index contributed by atoms with van der Waals surface area (Å²) < 4.78 is 11.5. The molecular weight excluding hydrogens is 307 g/mol. The number of benzene rings is 2. The fourth-order valence-electron chi connectivity index (χ4n) is 2.12. The molecular formula is C15H15O6P. The smallest absolute Gasteiger partial charge is 0.356 e. The van der Waals surface area contributed by atoms with Crippen LogP contribution < -0.4 is 5.30 Å². The Kier molecular flexibility index (Phi) is 4.37. The number of Topliss-reactive ketones (excluding diaryl/α,β-unsaturated/α-hetero) is 1. The molecule has 0 aliphatic carbocycles. The molecule has 0 aliphatic rings. The second-order valence-corrected chi connectivity index (χ2v) is 6.49. The van der Waals surface area contributed by atoms with E-state index in [0.717, 1.165) is 18.2 Å². The Balaban J connectivity index is 2.47. The third-order valence-electron chi connectivity index (χ3n) is 3.35. The van der Waals surface area contributed by atoms with Gasteiger partial charge in [0.25, 0.3) is 0 Å². The molecule has 0 saturated carbocycles. The lowest BCUT2D eigenvalue weighted by molar-refractivity contribution is 0.0966. The fourth-order valence-corrected chi connectivity index (χ4v) is 2.88. The molecule has 0 spiro atoms. The highest BCUT2D eigenvalue weighted by molar-refractivity contribution is 7.60. The Morgan fingerprint density at radius 1 is 1.00 bits per heavy atom. The van der Waals surface area contributed by atoms with E-state index >= 15 is 0 Å². The number of phenols is 2. The predicted molar refractivity (Wildman–Crippen MR) is 80.6 cm³/mol. The first kappa shape index (κ1) is 16.2. The molecule has 2 aromatic rings. The summed E-state index contributed by atoms with van der Waals surface area (Å²) in [7, 11) is -4.64. The Morgan fingerprint density at radius 2 is 1.55 bits per heavy atom. The standard InChI is InChI=1S/C15H15O6P/c1-9(10-2-4-11(16)5-3-10)15(18)13-8-12(17)6-7-14(13)22(19,20)21/h2-9,16-17H,1H3,(H2,19,20,21). The van der Waals surface area contributed by atoms with Gasteiger partial charge in [0.05, 0.1) is 5.30 Å². The van der Waals surface area contributed by atoms with E-state index in [2.05, 4.69) is 0 Å². The van der Waals surface area contributed by atoms with Crippen molar-refractivity contribution < 1.29 is 29.4 Å². The molecule has 0 bridgehead atoms. The van der Waals surface area contributed by atoms with Gasteiger partial charge in [-0.2, -0.15) is 0 Å². The van der Waals surface area contributed by atoms with E-state index in [9.17, 15) is 29.4 Å². The largest absolute Gasteiger partial charge is 0.508 e. The maximum atomic E-state index is 12.5. The van der Waals surface area contributed by atoms with Crippen LogP contribution in [0.4, 0.5) is 0 Å². The Labute approximate surface area is 126 Å². The minimum atomic E-state index is -4.64. The van der Waals surface area contributed by atoms with E-state index in [1.807, 2.05) is 0 Å². The molecule has 116 valence electrons. The molecule has 2 aromatic carbocycles. The molecule has 1 atom stereocenters. The van der Waals surface area contributed by atoms with Crippen LogP contribution in [0.5, 0.6) is 11.5 Å². The summed E-state index contributed by atoms with van der Waals surface area (Å²) in [6.07, 6.45) is 0. The summed E-state index contributed by atoms with van der Waals surface area (Å²) in [5, 5.41) is 18.3. The zero-order valence-electron chi connectivity index (χ0n) is 11.7. The summed E-state index contributed by atoms with van der Waals surface area (Å²) in [5.74, 6) is -1.41. The average molecular weight is 322 g/mol. The number of hydrogen-bond donors (Lipinski definition) is 4. The van der Waals surface area contributed by atoms with Crippen LogP contribution in [-0.4, -0.2) is 25.8 Å². The summed E-state index contributed by atoms with van der Waals surface area (Å²) in [6, 6.07) is 9.17. The predicted octanol–water partition coefficient (Wildman–Crippen LogP) is 1.89. The topological polar surface area (TPSA) is 115 Å². The molecule has 0 fully saturated rings. The van der Waals surface area contributed by atoms with Gasteiger partial charge in [0.1, 0.15) is 11.5 Å². The minimum absolute atomic E-state index is 0.0525. The van der Waals surface area contributed by atoms with Crippen LogP contribution >= 0.6 is 7.60 Å². The minimum Gasteiger partial charge on any atom is -0.508 e. The highest BCUT2D eigenvalue weighted by Crippen LogP contribution is 2.37. The number of aromatic hydroxyl groups is 2. The SMILES string of the molecule is CC(C(=O)c1cc(O)ccc1P(=O)(O)O)c1ccc(O)cc1. The average Bonchev–Trinajstić information content (AvgIpc) is 2.45. The van der Waals surface area contributed by atoms with Crippen molar-refractivity contribution in [2.24, 2.45) is 0 Å². The van der Waals surface area contributed by atoms with Gasteiger partial charge in [0.2, 0.25) is 0 Å². The van der Waals surface area contributed by atoms with Crippen LogP contribution in [0.1, 0.15) is 28.8 Å². The molecule has 0 saturated heterocycles. The summed E-state index contributed by atoms with van der Waals surface area (Å²) in [4.78, 5) is 31.2. The van der Waals surface area contributed by atoms with Crippen molar-refractivity contribution in [3.63, 3.8) is 0 Å². The van der Waals surface area contributed by atoms with Crippen molar-refractivity contribution in [1.29, 1.82) is 0 Å². The lowest BCUT2D eigenvalue weighted by atomic mass is 9.92. The third-order valence-corrected chi connectivity index (χ3v) is 4.36. The summed E-state index contributed by atoms with van der Waals surface area (Å²) >= 11 is 0. The lowest BCUT2D eigenvalue weighted by Gasteiger charge is -2.15. The van der Waals surface area contributed by atoms with Gasteiger partial charge in [0.15, 0.2) is 5.78 Å². The van der Waals surface area contributed by atoms with Crippen LogP contribution in [0.2, 0.25) is 0 Å². The number of carbonyl (C=O) groups is 1. The molecule has 4 N–H and O–H groups in total.